The third kappa shape index (κ3) is 10.9. The van der Waals surface area contributed by atoms with Gasteiger partial charge in [-0.1, -0.05) is 12.1 Å². The molecule has 0 atom stereocenters. The summed E-state index contributed by atoms with van der Waals surface area (Å²) in [6.07, 6.45) is 0.952. The lowest BCUT2D eigenvalue weighted by Crippen LogP contribution is -2.38. The van der Waals surface area contributed by atoms with E-state index >= 15 is 0 Å². The van der Waals surface area contributed by atoms with E-state index in [0.717, 1.165) is 5.56 Å². The molecular weight excluding hydrogens is 471 g/mol. The number of carbonyl (C=O) groups is 1. The Hall–Kier alpha value is -1.65. The Balaban J connectivity index is 0.00000676. The lowest BCUT2D eigenvalue weighted by atomic mass is 10.2. The second-order valence-corrected chi connectivity index (χ2v) is 5.52. The Bertz CT molecular complexity index is 571. The van der Waals surface area contributed by atoms with Gasteiger partial charge in [-0.2, -0.15) is 8.78 Å². The highest BCUT2D eigenvalue weighted by molar-refractivity contribution is 14.0. The highest BCUT2D eigenvalue weighted by Crippen LogP contribution is 2.15. The number of benzene rings is 1. The van der Waals surface area contributed by atoms with Crippen molar-refractivity contribution in [1.82, 2.24) is 10.2 Å². The minimum atomic E-state index is -2.83. The fourth-order valence-corrected chi connectivity index (χ4v) is 2.24. The molecule has 0 heterocycles. The monoisotopic (exact) mass is 499 g/mol. The number of nitrogens with one attached hydrogen (secondary N) is 1. The third-order valence-electron chi connectivity index (χ3n) is 3.37. The normalized spacial score (nSPS) is 11.0. The average Bonchev–Trinajstić information content (AvgIpc) is 2.59. The van der Waals surface area contributed by atoms with E-state index in [1.54, 1.807) is 19.1 Å². The van der Waals surface area contributed by atoms with Crippen LogP contribution in [0.4, 0.5) is 8.78 Å². The molecule has 0 saturated heterocycles. The fraction of sp³-hybridized carbons (Fsp3) is 0.556. The number of hydrogen-bond donors (Lipinski definition) is 1. The van der Waals surface area contributed by atoms with Crippen LogP contribution in [0.1, 0.15) is 32.3 Å². The first kappa shape index (κ1) is 25.4. The van der Waals surface area contributed by atoms with Gasteiger partial charge in [0, 0.05) is 33.1 Å². The van der Waals surface area contributed by atoms with E-state index in [2.05, 4.69) is 15.0 Å². The van der Waals surface area contributed by atoms with Crippen molar-refractivity contribution in [2.75, 3.05) is 26.7 Å². The lowest BCUT2D eigenvalue weighted by Gasteiger charge is -2.22. The smallest absolute Gasteiger partial charge is 0.387 e. The predicted molar refractivity (Wildman–Crippen MR) is 112 cm³/mol. The summed E-state index contributed by atoms with van der Waals surface area (Å²) in [7, 11) is 1.89. The maximum atomic E-state index is 12.2. The van der Waals surface area contributed by atoms with Crippen LogP contribution in [-0.2, 0) is 16.1 Å². The molecule has 0 fully saturated rings. The van der Waals surface area contributed by atoms with Gasteiger partial charge >= 0.3 is 12.6 Å². The van der Waals surface area contributed by atoms with Crippen LogP contribution in [0.5, 0.6) is 5.75 Å². The number of nitrogens with zero attached hydrogens (tertiary/aromatic N) is 2. The number of hydrogen-bond acceptors (Lipinski definition) is 4. The molecule has 9 heteroatoms. The minimum Gasteiger partial charge on any atom is -0.466 e. The second kappa shape index (κ2) is 14.4. The molecule has 6 nitrogen and oxygen atoms in total. The zero-order chi connectivity index (χ0) is 19.4. The number of guanidine groups is 1. The zero-order valence-corrected chi connectivity index (χ0v) is 18.2. The summed E-state index contributed by atoms with van der Waals surface area (Å²) < 4.78 is 33.6. The number of carbonyl (C=O) groups excluding carboxylic acids is 1. The van der Waals surface area contributed by atoms with Gasteiger partial charge in [-0.25, -0.2) is 0 Å². The van der Waals surface area contributed by atoms with E-state index < -0.39 is 6.61 Å². The van der Waals surface area contributed by atoms with Crippen LogP contribution in [0, 0.1) is 0 Å². The molecule has 0 amide bonds. The fourth-order valence-electron chi connectivity index (χ4n) is 2.24. The van der Waals surface area contributed by atoms with Gasteiger partial charge in [0.15, 0.2) is 5.96 Å². The van der Waals surface area contributed by atoms with E-state index in [0.29, 0.717) is 45.0 Å². The van der Waals surface area contributed by atoms with Crippen LogP contribution < -0.4 is 10.1 Å². The highest BCUT2D eigenvalue weighted by Gasteiger charge is 2.08. The largest absolute Gasteiger partial charge is 0.466 e. The number of alkyl halides is 2. The van der Waals surface area contributed by atoms with Gasteiger partial charge in [0.25, 0.3) is 0 Å². The molecule has 0 unspecified atom stereocenters. The van der Waals surface area contributed by atoms with Crippen molar-refractivity contribution in [1.29, 1.82) is 0 Å². The Labute approximate surface area is 176 Å². The molecule has 27 heavy (non-hydrogen) atoms. The zero-order valence-electron chi connectivity index (χ0n) is 15.9. The maximum Gasteiger partial charge on any atom is 0.387 e. The SMILES string of the molecule is CCNC(=NCCCC(=O)OCC)N(C)Cc1ccc(OC(F)F)cc1.I. The molecule has 0 bridgehead atoms. The quantitative estimate of drug-likeness (QED) is 0.175. The van der Waals surface area contributed by atoms with Crippen LogP contribution >= 0.6 is 24.0 Å². The van der Waals surface area contributed by atoms with Crippen LogP contribution in [0.15, 0.2) is 29.3 Å². The Morgan fingerprint density at radius 1 is 1.26 bits per heavy atom. The summed E-state index contributed by atoms with van der Waals surface area (Å²) in [5, 5.41) is 3.19. The molecular formula is C18H28F2IN3O3. The maximum absolute atomic E-state index is 12.2. The third-order valence-corrected chi connectivity index (χ3v) is 3.37. The van der Waals surface area contributed by atoms with Crippen LogP contribution in [0.3, 0.4) is 0 Å². The van der Waals surface area contributed by atoms with Gasteiger partial charge in [-0.05, 0) is 38.0 Å². The minimum absolute atomic E-state index is 0. The molecule has 0 spiro atoms. The van der Waals surface area contributed by atoms with Gasteiger partial charge in [0.2, 0.25) is 0 Å². The summed E-state index contributed by atoms with van der Waals surface area (Å²) >= 11 is 0. The molecule has 0 aliphatic heterocycles. The van der Waals surface area contributed by atoms with Crippen molar-refractivity contribution in [3.63, 3.8) is 0 Å². The number of esters is 1. The number of aliphatic imine (C=N–C) groups is 1. The molecule has 1 aromatic rings. The summed E-state index contributed by atoms with van der Waals surface area (Å²) in [6, 6.07) is 6.49. The molecule has 1 rings (SSSR count). The molecule has 0 radical (unpaired) electrons. The first-order valence-corrected chi connectivity index (χ1v) is 8.65. The molecule has 1 aromatic carbocycles. The molecule has 0 aliphatic rings. The van der Waals surface area contributed by atoms with Crippen molar-refractivity contribution < 1.29 is 23.0 Å². The topological polar surface area (TPSA) is 63.2 Å². The van der Waals surface area contributed by atoms with Gasteiger partial charge < -0.3 is 19.7 Å². The highest BCUT2D eigenvalue weighted by atomic mass is 127. The van der Waals surface area contributed by atoms with Crippen molar-refractivity contribution in [3.8, 4) is 5.75 Å². The van der Waals surface area contributed by atoms with Crippen molar-refractivity contribution >= 4 is 35.9 Å². The average molecular weight is 499 g/mol. The summed E-state index contributed by atoms with van der Waals surface area (Å²) in [4.78, 5) is 17.8. The summed E-state index contributed by atoms with van der Waals surface area (Å²) in [5.41, 5.74) is 0.936. The summed E-state index contributed by atoms with van der Waals surface area (Å²) in [5.74, 6) is 0.627. The molecule has 0 aliphatic carbocycles. The predicted octanol–water partition coefficient (Wildman–Crippen LogP) is 3.65. The van der Waals surface area contributed by atoms with Gasteiger partial charge in [-0.3, -0.25) is 9.79 Å². The van der Waals surface area contributed by atoms with Crippen molar-refractivity contribution in [2.45, 2.75) is 39.8 Å². The molecule has 1 N–H and O–H groups in total. The van der Waals surface area contributed by atoms with E-state index in [-0.39, 0.29) is 35.7 Å². The van der Waals surface area contributed by atoms with Crippen LogP contribution in [0.2, 0.25) is 0 Å². The van der Waals surface area contributed by atoms with Gasteiger partial charge in [0.1, 0.15) is 5.75 Å². The first-order chi connectivity index (χ1) is 12.5. The van der Waals surface area contributed by atoms with Crippen LogP contribution in [0.25, 0.3) is 0 Å². The van der Waals surface area contributed by atoms with Crippen LogP contribution in [-0.4, -0.2) is 50.2 Å². The van der Waals surface area contributed by atoms with E-state index in [9.17, 15) is 13.6 Å². The first-order valence-electron chi connectivity index (χ1n) is 8.65. The summed E-state index contributed by atoms with van der Waals surface area (Å²) in [6.45, 7) is 3.08. The standard InChI is InChI=1S/C18H27F2N3O3.HI/c1-4-21-18(22-12-6-7-16(24)25-5-2)23(3)13-14-8-10-15(11-9-14)26-17(19)20;/h8-11,17H,4-7,12-13H2,1-3H3,(H,21,22);1H. The van der Waals surface area contributed by atoms with Crippen molar-refractivity contribution in [3.05, 3.63) is 29.8 Å². The molecule has 0 aromatic heterocycles. The number of rotatable bonds is 10. The van der Waals surface area contributed by atoms with Gasteiger partial charge in [-0.15, -0.1) is 24.0 Å². The second-order valence-electron chi connectivity index (χ2n) is 5.52. The van der Waals surface area contributed by atoms with Crippen molar-refractivity contribution in [2.24, 2.45) is 4.99 Å². The Morgan fingerprint density at radius 2 is 1.93 bits per heavy atom. The van der Waals surface area contributed by atoms with E-state index in [4.69, 9.17) is 4.74 Å². The number of ether oxygens (including phenoxy) is 2. The van der Waals surface area contributed by atoms with E-state index in [1.807, 2.05) is 18.9 Å². The van der Waals surface area contributed by atoms with E-state index in [1.165, 1.54) is 12.1 Å². The Kier molecular flexibility index (Phi) is 13.5. The number of halogens is 3. The Morgan fingerprint density at radius 3 is 2.48 bits per heavy atom. The lowest BCUT2D eigenvalue weighted by molar-refractivity contribution is -0.143. The van der Waals surface area contributed by atoms with Gasteiger partial charge in [0.05, 0.1) is 6.61 Å². The molecule has 0 saturated carbocycles. The molecule has 154 valence electrons.